The van der Waals surface area contributed by atoms with Crippen LogP contribution in [0, 0.1) is 18.8 Å². The molecule has 1 aliphatic carbocycles. The Labute approximate surface area is 196 Å². The first-order chi connectivity index (χ1) is 15.9. The molecule has 1 N–H and O–H groups in total. The number of carbonyl (C=O) groups is 4. The van der Waals surface area contributed by atoms with Crippen molar-refractivity contribution in [2.24, 2.45) is 11.8 Å². The second kappa shape index (κ2) is 10.2. The monoisotopic (exact) mass is 469 g/mol. The Bertz CT molecular complexity index is 1040. The molecule has 3 amide bonds. The first-order valence-corrected chi connectivity index (χ1v) is 12.1. The van der Waals surface area contributed by atoms with Crippen LogP contribution in [0.3, 0.4) is 0 Å². The average Bonchev–Trinajstić information content (AvgIpc) is 3.35. The van der Waals surface area contributed by atoms with Crippen LogP contribution in [0.4, 0.5) is 5.69 Å². The lowest BCUT2D eigenvalue weighted by molar-refractivity contribution is -0.147. The van der Waals surface area contributed by atoms with Crippen LogP contribution in [0.5, 0.6) is 0 Å². The standard InChI is InChI=1S/C24H27N3O5S/c1-15-6-2-5-9-19(15)26-20(28)12-21-25-16(14-33-21)13-32-22(29)10-11-27-23(30)17-7-3-4-8-18(17)24(27)31/h2,5-6,9,14,17-18H,3-4,7-8,10-13H2,1H3,(H,26,28)/t17-,18+. The van der Waals surface area contributed by atoms with Gasteiger partial charge in [0.15, 0.2) is 0 Å². The number of amides is 3. The summed E-state index contributed by atoms with van der Waals surface area (Å²) in [5.41, 5.74) is 2.31. The maximum Gasteiger partial charge on any atom is 0.307 e. The topological polar surface area (TPSA) is 106 Å². The Kier molecular flexibility index (Phi) is 7.17. The molecule has 1 aromatic carbocycles. The summed E-state index contributed by atoms with van der Waals surface area (Å²) in [5, 5.41) is 5.25. The fourth-order valence-corrected chi connectivity index (χ4v) is 5.20. The Morgan fingerprint density at radius 1 is 1.15 bits per heavy atom. The van der Waals surface area contributed by atoms with Gasteiger partial charge in [0.1, 0.15) is 11.6 Å². The van der Waals surface area contributed by atoms with Gasteiger partial charge in [0.25, 0.3) is 0 Å². The van der Waals surface area contributed by atoms with Gasteiger partial charge >= 0.3 is 5.97 Å². The molecule has 1 aliphatic heterocycles. The second-order valence-corrected chi connectivity index (χ2v) is 9.45. The van der Waals surface area contributed by atoms with Crippen molar-refractivity contribution in [2.75, 3.05) is 11.9 Å². The molecule has 0 unspecified atom stereocenters. The van der Waals surface area contributed by atoms with Gasteiger partial charge in [-0.2, -0.15) is 0 Å². The van der Waals surface area contributed by atoms with Crippen LogP contribution in [0.15, 0.2) is 29.6 Å². The number of ether oxygens (including phenoxy) is 1. The summed E-state index contributed by atoms with van der Waals surface area (Å²) in [6.07, 6.45) is 3.55. The van der Waals surface area contributed by atoms with Crippen LogP contribution in [-0.4, -0.2) is 40.1 Å². The normalized spacial score (nSPS) is 20.0. The number of thiazole rings is 1. The van der Waals surface area contributed by atoms with Gasteiger partial charge in [-0.3, -0.25) is 24.1 Å². The van der Waals surface area contributed by atoms with Crippen molar-refractivity contribution in [2.45, 2.75) is 52.1 Å². The van der Waals surface area contributed by atoms with E-state index in [1.54, 1.807) is 5.38 Å². The molecule has 0 bridgehead atoms. The average molecular weight is 470 g/mol. The third kappa shape index (κ3) is 5.47. The van der Waals surface area contributed by atoms with Gasteiger partial charge in [0.05, 0.1) is 30.4 Å². The quantitative estimate of drug-likeness (QED) is 0.470. The predicted molar refractivity (Wildman–Crippen MR) is 122 cm³/mol. The van der Waals surface area contributed by atoms with Gasteiger partial charge in [0.2, 0.25) is 17.7 Å². The minimum absolute atomic E-state index is 0.0120. The zero-order valence-corrected chi connectivity index (χ0v) is 19.4. The molecule has 1 saturated heterocycles. The Morgan fingerprint density at radius 3 is 2.55 bits per heavy atom. The van der Waals surface area contributed by atoms with E-state index in [0.717, 1.165) is 36.9 Å². The molecule has 2 heterocycles. The maximum atomic E-state index is 12.5. The summed E-state index contributed by atoms with van der Waals surface area (Å²) in [7, 11) is 0. The van der Waals surface area contributed by atoms with E-state index in [-0.39, 0.29) is 55.6 Å². The number of nitrogens with one attached hydrogen (secondary N) is 1. The highest BCUT2D eigenvalue weighted by Crippen LogP contribution is 2.38. The van der Waals surface area contributed by atoms with Gasteiger partial charge in [-0.05, 0) is 31.4 Å². The second-order valence-electron chi connectivity index (χ2n) is 8.51. The van der Waals surface area contributed by atoms with Crippen LogP contribution in [0.2, 0.25) is 0 Å². The van der Waals surface area contributed by atoms with Crippen LogP contribution in [0.25, 0.3) is 0 Å². The van der Waals surface area contributed by atoms with Gasteiger partial charge in [-0.1, -0.05) is 31.0 Å². The first-order valence-electron chi connectivity index (χ1n) is 11.2. The molecule has 1 saturated carbocycles. The number of fused-ring (bicyclic) bond motifs is 1. The number of aromatic nitrogens is 1. The Morgan fingerprint density at radius 2 is 1.85 bits per heavy atom. The van der Waals surface area contributed by atoms with Crippen molar-refractivity contribution < 1.29 is 23.9 Å². The molecule has 8 nitrogen and oxygen atoms in total. The van der Waals surface area contributed by atoms with E-state index in [4.69, 9.17) is 4.74 Å². The van der Waals surface area contributed by atoms with Gasteiger partial charge in [0, 0.05) is 17.6 Å². The van der Waals surface area contributed by atoms with Crippen molar-refractivity contribution in [3.63, 3.8) is 0 Å². The first kappa shape index (κ1) is 23.1. The number of likely N-dealkylation sites (tertiary alicyclic amines) is 1. The highest BCUT2D eigenvalue weighted by Gasteiger charge is 2.47. The molecule has 174 valence electrons. The molecule has 9 heteroatoms. The predicted octanol–water partition coefficient (Wildman–Crippen LogP) is 3.24. The molecule has 2 atom stereocenters. The zero-order chi connectivity index (χ0) is 23.4. The van der Waals surface area contributed by atoms with Crippen molar-refractivity contribution in [3.05, 3.63) is 45.9 Å². The highest BCUT2D eigenvalue weighted by molar-refractivity contribution is 7.09. The number of carbonyl (C=O) groups excluding carboxylic acids is 4. The molecule has 0 spiro atoms. The van der Waals surface area contributed by atoms with E-state index in [1.165, 1.54) is 16.2 Å². The zero-order valence-electron chi connectivity index (χ0n) is 18.5. The number of hydrogen-bond donors (Lipinski definition) is 1. The number of benzene rings is 1. The van der Waals surface area contributed by atoms with Crippen molar-refractivity contribution >= 4 is 40.7 Å². The van der Waals surface area contributed by atoms with Crippen LogP contribution < -0.4 is 5.32 Å². The molecule has 2 aliphatic rings. The minimum Gasteiger partial charge on any atom is -0.459 e. The number of anilines is 1. The van der Waals surface area contributed by atoms with Gasteiger partial charge in [-0.25, -0.2) is 4.98 Å². The van der Waals surface area contributed by atoms with Gasteiger partial charge < -0.3 is 10.1 Å². The number of aryl methyl sites for hydroxylation is 1. The minimum atomic E-state index is -0.489. The van der Waals surface area contributed by atoms with Crippen LogP contribution in [-0.2, 0) is 36.9 Å². The van der Waals surface area contributed by atoms with E-state index in [9.17, 15) is 19.2 Å². The third-order valence-corrected chi connectivity index (χ3v) is 7.08. The summed E-state index contributed by atoms with van der Waals surface area (Å²) in [5.74, 6) is -1.37. The molecule has 1 aromatic heterocycles. The highest BCUT2D eigenvalue weighted by atomic mass is 32.1. The van der Waals surface area contributed by atoms with E-state index in [1.807, 2.05) is 31.2 Å². The van der Waals surface area contributed by atoms with Crippen molar-refractivity contribution in [1.29, 1.82) is 0 Å². The van der Waals surface area contributed by atoms with Gasteiger partial charge in [-0.15, -0.1) is 11.3 Å². The fourth-order valence-electron chi connectivity index (χ4n) is 4.42. The number of imide groups is 1. The maximum absolute atomic E-state index is 12.5. The van der Waals surface area contributed by atoms with Crippen LogP contribution >= 0.6 is 11.3 Å². The number of nitrogens with zero attached hydrogens (tertiary/aromatic N) is 2. The number of para-hydroxylation sites is 1. The summed E-state index contributed by atoms with van der Waals surface area (Å²) in [6, 6.07) is 7.54. The number of esters is 1. The molecular weight excluding hydrogens is 442 g/mol. The van der Waals surface area contributed by atoms with Crippen molar-refractivity contribution in [3.8, 4) is 0 Å². The summed E-state index contributed by atoms with van der Waals surface area (Å²) in [6.45, 7) is 1.97. The van der Waals surface area contributed by atoms with E-state index < -0.39 is 5.97 Å². The Hall–Kier alpha value is -3.07. The van der Waals surface area contributed by atoms with Crippen molar-refractivity contribution in [1.82, 2.24) is 9.88 Å². The SMILES string of the molecule is Cc1ccccc1NC(=O)Cc1nc(COC(=O)CCN2C(=O)[C@H]3CCCC[C@H]3C2=O)cs1. The third-order valence-electron chi connectivity index (χ3n) is 6.18. The lowest BCUT2D eigenvalue weighted by Crippen LogP contribution is -2.33. The summed E-state index contributed by atoms with van der Waals surface area (Å²) >= 11 is 1.33. The molecule has 0 radical (unpaired) electrons. The van der Waals surface area contributed by atoms with E-state index in [0.29, 0.717) is 10.7 Å². The molecular formula is C24H27N3O5S. The largest absolute Gasteiger partial charge is 0.459 e. The van der Waals surface area contributed by atoms with E-state index in [2.05, 4.69) is 10.3 Å². The summed E-state index contributed by atoms with van der Waals surface area (Å²) in [4.78, 5) is 55.0. The molecule has 2 fully saturated rings. The smallest absolute Gasteiger partial charge is 0.307 e. The lowest BCUT2D eigenvalue weighted by Gasteiger charge is -2.19. The number of rotatable bonds is 8. The molecule has 2 aromatic rings. The van der Waals surface area contributed by atoms with Crippen LogP contribution in [0.1, 0.15) is 48.4 Å². The summed E-state index contributed by atoms with van der Waals surface area (Å²) < 4.78 is 5.26. The lowest BCUT2D eigenvalue weighted by atomic mass is 9.81. The fraction of sp³-hybridized carbons (Fsp3) is 0.458. The van der Waals surface area contributed by atoms with E-state index >= 15 is 0 Å². The Balaban J connectivity index is 1.21. The molecule has 33 heavy (non-hydrogen) atoms. The molecule has 4 rings (SSSR count). The number of hydrogen-bond acceptors (Lipinski definition) is 7.